The van der Waals surface area contributed by atoms with Crippen LogP contribution in [0.25, 0.3) is 6.08 Å². The van der Waals surface area contributed by atoms with Crippen LogP contribution >= 0.6 is 0 Å². The molecule has 3 aromatic rings. The van der Waals surface area contributed by atoms with Crippen LogP contribution in [0.15, 0.2) is 79.0 Å². The third-order valence-corrected chi connectivity index (χ3v) is 6.16. The number of amides is 1. The van der Waals surface area contributed by atoms with Crippen molar-refractivity contribution in [1.82, 2.24) is 14.8 Å². The summed E-state index contributed by atoms with van der Waals surface area (Å²) in [5, 5.41) is 9.22. The number of nitrogens with zero attached hydrogens (tertiary/aromatic N) is 4. The topological polar surface area (TPSA) is 60.2 Å². The van der Waals surface area contributed by atoms with Crippen LogP contribution in [-0.2, 0) is 17.9 Å². The van der Waals surface area contributed by atoms with Crippen LogP contribution in [0.4, 0.5) is 8.78 Å². The largest absolute Gasteiger partial charge is 0.336 e. The van der Waals surface area contributed by atoms with Gasteiger partial charge in [-0.3, -0.25) is 14.7 Å². The molecule has 0 aliphatic carbocycles. The van der Waals surface area contributed by atoms with Crippen molar-refractivity contribution in [1.29, 1.82) is 5.26 Å². The Hall–Kier alpha value is -3.89. The molecule has 1 aliphatic heterocycles. The molecule has 7 heteroatoms. The standard InChI is InChI=1S/C28H26F2N4O/c29-24-11-8-21(9-12-24)18-34(19-25-7-3-4-15-32-25)27-14-16-33(20-26(27)30)28(35)13-10-22-5-1-2-6-23(22)17-31/h1-13,15,26-27H,14,16,18-20H2/b13-10-. The van der Waals surface area contributed by atoms with E-state index in [0.717, 1.165) is 11.3 Å². The first-order chi connectivity index (χ1) is 17.0. The van der Waals surface area contributed by atoms with E-state index in [0.29, 0.717) is 37.2 Å². The molecule has 178 valence electrons. The molecule has 1 saturated heterocycles. The second-order valence-corrected chi connectivity index (χ2v) is 8.54. The van der Waals surface area contributed by atoms with E-state index in [9.17, 15) is 14.4 Å². The van der Waals surface area contributed by atoms with Crippen molar-refractivity contribution < 1.29 is 13.6 Å². The first-order valence-electron chi connectivity index (χ1n) is 11.5. The average Bonchev–Trinajstić information content (AvgIpc) is 2.89. The van der Waals surface area contributed by atoms with Gasteiger partial charge in [0.15, 0.2) is 0 Å². The summed E-state index contributed by atoms with van der Waals surface area (Å²) in [6.07, 6.45) is 3.91. The quantitative estimate of drug-likeness (QED) is 0.466. The number of likely N-dealkylation sites (tertiary alicyclic amines) is 1. The Bertz CT molecular complexity index is 1210. The predicted octanol–water partition coefficient (Wildman–Crippen LogP) is 4.75. The molecule has 0 spiro atoms. The molecule has 1 amide bonds. The summed E-state index contributed by atoms with van der Waals surface area (Å²) in [6, 6.07) is 20.5. The lowest BCUT2D eigenvalue weighted by Crippen LogP contribution is -2.53. The second kappa shape index (κ2) is 11.5. The highest BCUT2D eigenvalue weighted by Crippen LogP contribution is 2.24. The van der Waals surface area contributed by atoms with Gasteiger partial charge in [0.1, 0.15) is 12.0 Å². The van der Waals surface area contributed by atoms with Crippen molar-refractivity contribution in [3.63, 3.8) is 0 Å². The summed E-state index contributed by atoms with van der Waals surface area (Å²) >= 11 is 0. The lowest BCUT2D eigenvalue weighted by molar-refractivity contribution is -0.129. The molecular weight excluding hydrogens is 446 g/mol. The van der Waals surface area contributed by atoms with E-state index >= 15 is 4.39 Å². The highest BCUT2D eigenvalue weighted by Gasteiger charge is 2.35. The zero-order valence-corrected chi connectivity index (χ0v) is 19.2. The van der Waals surface area contributed by atoms with Crippen LogP contribution in [0.1, 0.15) is 28.8 Å². The van der Waals surface area contributed by atoms with E-state index in [-0.39, 0.29) is 18.3 Å². The van der Waals surface area contributed by atoms with Gasteiger partial charge in [-0.2, -0.15) is 5.26 Å². The molecule has 0 N–H and O–H groups in total. The van der Waals surface area contributed by atoms with Gasteiger partial charge in [-0.05, 0) is 54.0 Å². The smallest absolute Gasteiger partial charge is 0.246 e. The Morgan fingerprint density at radius 3 is 2.60 bits per heavy atom. The number of hydrogen-bond donors (Lipinski definition) is 0. The molecule has 1 aromatic heterocycles. The average molecular weight is 473 g/mol. The Labute approximate surface area is 203 Å². The first-order valence-corrected chi connectivity index (χ1v) is 11.5. The molecule has 0 bridgehead atoms. The number of piperidine rings is 1. The number of halogens is 2. The van der Waals surface area contributed by atoms with Crippen LogP contribution in [-0.4, -0.2) is 46.0 Å². The molecule has 4 rings (SSSR count). The lowest BCUT2D eigenvalue weighted by Gasteiger charge is -2.40. The molecule has 1 aliphatic rings. The Morgan fingerprint density at radius 1 is 1.11 bits per heavy atom. The molecular formula is C28H26F2N4O. The number of pyridine rings is 1. The number of alkyl halides is 1. The normalized spacial score (nSPS) is 18.1. The van der Waals surface area contributed by atoms with Gasteiger partial charge in [-0.1, -0.05) is 36.4 Å². The number of carbonyl (C=O) groups excluding carboxylic acids is 1. The predicted molar refractivity (Wildman–Crippen MR) is 130 cm³/mol. The number of aromatic nitrogens is 1. The summed E-state index contributed by atoms with van der Waals surface area (Å²) in [5.74, 6) is -0.598. The van der Waals surface area contributed by atoms with Gasteiger partial charge < -0.3 is 4.90 Å². The molecule has 2 unspecified atom stereocenters. The van der Waals surface area contributed by atoms with Crippen LogP contribution in [0.2, 0.25) is 0 Å². The zero-order chi connectivity index (χ0) is 24.6. The summed E-state index contributed by atoms with van der Waals surface area (Å²) in [6.45, 7) is 1.29. The molecule has 0 radical (unpaired) electrons. The summed E-state index contributed by atoms with van der Waals surface area (Å²) in [7, 11) is 0. The third kappa shape index (κ3) is 6.37. The maximum atomic E-state index is 15.5. The fraction of sp³-hybridized carbons (Fsp3) is 0.250. The fourth-order valence-corrected chi connectivity index (χ4v) is 4.33. The number of rotatable bonds is 7. The number of carbonyl (C=O) groups is 1. The highest BCUT2D eigenvalue weighted by atomic mass is 19.1. The fourth-order valence-electron chi connectivity index (χ4n) is 4.33. The van der Waals surface area contributed by atoms with Gasteiger partial charge >= 0.3 is 0 Å². The van der Waals surface area contributed by atoms with Crippen molar-refractivity contribution in [2.45, 2.75) is 31.7 Å². The van der Waals surface area contributed by atoms with Crippen LogP contribution in [0.3, 0.4) is 0 Å². The molecule has 2 aromatic carbocycles. The Morgan fingerprint density at radius 2 is 1.89 bits per heavy atom. The first kappa shape index (κ1) is 24.2. The monoisotopic (exact) mass is 472 g/mol. The summed E-state index contributed by atoms with van der Waals surface area (Å²) < 4.78 is 28.9. The van der Waals surface area contributed by atoms with Gasteiger partial charge in [-0.25, -0.2) is 8.78 Å². The second-order valence-electron chi connectivity index (χ2n) is 8.54. The van der Waals surface area contributed by atoms with E-state index in [4.69, 9.17) is 0 Å². The minimum absolute atomic E-state index is 0.0180. The van der Waals surface area contributed by atoms with Gasteiger partial charge in [0.25, 0.3) is 0 Å². The van der Waals surface area contributed by atoms with Crippen molar-refractivity contribution in [3.05, 3.63) is 107 Å². The number of hydrogen-bond acceptors (Lipinski definition) is 4. The Balaban J connectivity index is 1.45. The van der Waals surface area contributed by atoms with Crippen molar-refractivity contribution >= 4 is 12.0 Å². The maximum absolute atomic E-state index is 15.5. The molecule has 35 heavy (non-hydrogen) atoms. The van der Waals surface area contributed by atoms with E-state index < -0.39 is 12.2 Å². The van der Waals surface area contributed by atoms with Gasteiger partial charge in [0.05, 0.1) is 23.9 Å². The molecule has 2 atom stereocenters. The maximum Gasteiger partial charge on any atom is 0.246 e. The molecule has 1 fully saturated rings. The Kier molecular flexibility index (Phi) is 7.96. The van der Waals surface area contributed by atoms with Crippen molar-refractivity contribution in [2.24, 2.45) is 0 Å². The van der Waals surface area contributed by atoms with E-state index in [1.807, 2.05) is 23.1 Å². The van der Waals surface area contributed by atoms with E-state index in [2.05, 4.69) is 11.1 Å². The summed E-state index contributed by atoms with van der Waals surface area (Å²) in [4.78, 5) is 20.6. The van der Waals surface area contributed by atoms with Gasteiger partial charge in [-0.15, -0.1) is 0 Å². The van der Waals surface area contributed by atoms with Crippen LogP contribution < -0.4 is 0 Å². The van der Waals surface area contributed by atoms with E-state index in [1.165, 1.54) is 23.1 Å². The summed E-state index contributed by atoms with van der Waals surface area (Å²) in [5.41, 5.74) is 2.83. The highest BCUT2D eigenvalue weighted by molar-refractivity contribution is 5.92. The van der Waals surface area contributed by atoms with Crippen molar-refractivity contribution in [3.8, 4) is 6.07 Å². The molecule has 5 nitrogen and oxygen atoms in total. The third-order valence-electron chi connectivity index (χ3n) is 6.16. The van der Waals surface area contributed by atoms with Gasteiger partial charge in [0, 0.05) is 37.9 Å². The number of nitriles is 1. The minimum Gasteiger partial charge on any atom is -0.336 e. The van der Waals surface area contributed by atoms with Crippen molar-refractivity contribution in [2.75, 3.05) is 13.1 Å². The zero-order valence-electron chi connectivity index (χ0n) is 19.2. The molecule has 2 heterocycles. The minimum atomic E-state index is -1.25. The van der Waals surface area contributed by atoms with Crippen LogP contribution in [0.5, 0.6) is 0 Å². The SMILES string of the molecule is N#Cc1ccccc1/C=C\C(=O)N1CCC(N(Cc2ccc(F)cc2)Cc2ccccn2)C(F)C1. The lowest BCUT2D eigenvalue weighted by atomic mass is 9.99. The van der Waals surface area contributed by atoms with E-state index in [1.54, 1.807) is 48.7 Å². The molecule has 0 saturated carbocycles. The van der Waals surface area contributed by atoms with Crippen LogP contribution in [0, 0.1) is 17.1 Å². The number of benzene rings is 2. The van der Waals surface area contributed by atoms with Gasteiger partial charge in [0.2, 0.25) is 5.91 Å².